The van der Waals surface area contributed by atoms with Gasteiger partial charge in [-0.3, -0.25) is 18.7 Å². The maximum atomic E-state index is 12.1. The number of ether oxygens (including phenoxy) is 1. The molecule has 0 amide bonds. The largest absolute Gasteiger partial charge is 0.490 e. The fourth-order valence-electron chi connectivity index (χ4n) is 4.21. The van der Waals surface area contributed by atoms with Crippen LogP contribution in [0.15, 0.2) is 68.8 Å². The van der Waals surface area contributed by atoms with E-state index in [0.717, 1.165) is 25.4 Å². The molecule has 1 aliphatic heterocycles. The summed E-state index contributed by atoms with van der Waals surface area (Å²) in [6, 6.07) is 11.7. The van der Waals surface area contributed by atoms with Crippen molar-refractivity contribution in [2.75, 3.05) is 49.2 Å². The highest BCUT2D eigenvalue weighted by atomic mass is 32.2. The number of furan rings is 1. The Bertz CT molecular complexity index is 1220. The zero-order valence-corrected chi connectivity index (χ0v) is 21.2. The molecule has 0 bridgehead atoms. The molecular formula is C27H33N3O5S. The molecule has 1 aromatic heterocycles. The topological polar surface area (TPSA) is 101 Å². The summed E-state index contributed by atoms with van der Waals surface area (Å²) in [4.78, 5) is 26.3. The molecule has 2 heterocycles. The van der Waals surface area contributed by atoms with E-state index in [1.165, 1.54) is 24.8 Å². The Morgan fingerprint density at radius 3 is 2.58 bits per heavy atom. The second kappa shape index (κ2) is 13.2. The minimum atomic E-state index is -1.13. The molecule has 1 saturated heterocycles. The van der Waals surface area contributed by atoms with Crippen molar-refractivity contribution >= 4 is 22.2 Å². The molecule has 4 rings (SSSR count). The normalized spacial score (nSPS) is 15.3. The minimum absolute atomic E-state index is 0.255. The van der Waals surface area contributed by atoms with Crippen molar-refractivity contribution in [3.8, 4) is 5.75 Å². The van der Waals surface area contributed by atoms with E-state index in [2.05, 4.69) is 27.7 Å². The van der Waals surface area contributed by atoms with Crippen molar-refractivity contribution < 1.29 is 13.4 Å². The van der Waals surface area contributed by atoms with Crippen molar-refractivity contribution in [1.82, 2.24) is 4.90 Å². The van der Waals surface area contributed by atoms with Crippen molar-refractivity contribution in [2.24, 2.45) is 0 Å². The minimum Gasteiger partial charge on any atom is -0.490 e. The Kier molecular flexibility index (Phi) is 9.52. The van der Waals surface area contributed by atoms with Crippen LogP contribution >= 0.6 is 0 Å². The fraction of sp³-hybridized carbons (Fsp3) is 0.407. The molecule has 0 radical (unpaired) electrons. The molecule has 9 heteroatoms. The zero-order valence-electron chi connectivity index (χ0n) is 20.4. The number of benzene rings is 1. The maximum Gasteiger partial charge on any atom is 0.253 e. The van der Waals surface area contributed by atoms with Gasteiger partial charge < -0.3 is 19.8 Å². The van der Waals surface area contributed by atoms with Crippen LogP contribution in [0.4, 0.5) is 11.4 Å². The Hall–Kier alpha value is -3.17. The molecule has 1 unspecified atom stereocenters. The van der Waals surface area contributed by atoms with Gasteiger partial charge in [0.05, 0.1) is 12.0 Å². The summed E-state index contributed by atoms with van der Waals surface area (Å²) in [5, 5.41) is 5.92. The lowest BCUT2D eigenvalue weighted by atomic mass is 10.1. The van der Waals surface area contributed by atoms with Crippen LogP contribution in [0.1, 0.15) is 30.6 Å². The van der Waals surface area contributed by atoms with Gasteiger partial charge in [0.15, 0.2) is 0 Å². The number of rotatable bonds is 14. The number of nitrogens with zero attached hydrogens (tertiary/aromatic N) is 1. The first-order chi connectivity index (χ1) is 17.6. The summed E-state index contributed by atoms with van der Waals surface area (Å²) in [6.45, 7) is 4.40. The van der Waals surface area contributed by atoms with E-state index >= 15 is 0 Å². The highest BCUT2D eigenvalue weighted by molar-refractivity contribution is 7.84. The highest BCUT2D eigenvalue weighted by Gasteiger charge is 2.20. The van der Waals surface area contributed by atoms with Gasteiger partial charge in [-0.05, 0) is 61.8 Å². The van der Waals surface area contributed by atoms with E-state index in [1.54, 1.807) is 18.4 Å². The van der Waals surface area contributed by atoms with E-state index < -0.39 is 21.7 Å². The van der Waals surface area contributed by atoms with Crippen molar-refractivity contribution in [1.29, 1.82) is 0 Å². The smallest absolute Gasteiger partial charge is 0.253 e. The Morgan fingerprint density at radius 2 is 1.81 bits per heavy atom. The summed E-state index contributed by atoms with van der Waals surface area (Å²) in [5.74, 6) is 2.16. The molecule has 8 nitrogen and oxygen atoms in total. The first-order valence-electron chi connectivity index (χ1n) is 12.4. The first kappa shape index (κ1) is 25.9. The third kappa shape index (κ3) is 7.41. The lowest BCUT2D eigenvalue weighted by Crippen LogP contribution is -2.38. The van der Waals surface area contributed by atoms with E-state index in [0.29, 0.717) is 37.0 Å². The van der Waals surface area contributed by atoms with Gasteiger partial charge in [0.2, 0.25) is 0 Å². The fourth-order valence-corrected chi connectivity index (χ4v) is 5.17. The third-order valence-corrected chi connectivity index (χ3v) is 7.35. The summed E-state index contributed by atoms with van der Waals surface area (Å²) < 4.78 is 23.1. The molecular weight excluding hydrogens is 478 g/mol. The number of hydrogen-bond donors (Lipinski definition) is 2. The molecule has 2 N–H and O–H groups in total. The number of piperidine rings is 1. The monoisotopic (exact) mass is 511 g/mol. The van der Waals surface area contributed by atoms with Crippen LogP contribution in [-0.2, 0) is 23.1 Å². The molecule has 2 aromatic carbocycles. The summed E-state index contributed by atoms with van der Waals surface area (Å²) in [5.41, 5.74) is 0.693. The Balaban J connectivity index is 1.16. The predicted molar refractivity (Wildman–Crippen MR) is 144 cm³/mol. The third-order valence-electron chi connectivity index (χ3n) is 6.09. The van der Waals surface area contributed by atoms with Crippen LogP contribution in [0.3, 0.4) is 0 Å². The van der Waals surface area contributed by atoms with Crippen LogP contribution in [-0.4, -0.2) is 47.6 Å². The van der Waals surface area contributed by atoms with Gasteiger partial charge in [-0.2, -0.15) is 0 Å². The summed E-state index contributed by atoms with van der Waals surface area (Å²) in [7, 11) is -1.13. The van der Waals surface area contributed by atoms with Gasteiger partial charge in [0.25, 0.3) is 10.9 Å². The second-order valence-electron chi connectivity index (χ2n) is 8.85. The summed E-state index contributed by atoms with van der Waals surface area (Å²) >= 11 is 0. The van der Waals surface area contributed by atoms with Gasteiger partial charge in [0.1, 0.15) is 29.5 Å². The van der Waals surface area contributed by atoms with Crippen molar-refractivity contribution in [3.63, 3.8) is 0 Å². The molecule has 1 fully saturated rings. The maximum absolute atomic E-state index is 12.1. The molecule has 3 aromatic rings. The van der Waals surface area contributed by atoms with Crippen LogP contribution in [0.2, 0.25) is 0 Å². The SMILES string of the molecule is O=c1c(NC/C=C\COc2cccc(CN3CCCCC3)c2)c(NCCS(=O)Cc2ccco2)c1=O. The highest BCUT2D eigenvalue weighted by Crippen LogP contribution is 2.18. The van der Waals surface area contributed by atoms with Crippen molar-refractivity contribution in [2.45, 2.75) is 31.6 Å². The molecule has 0 aliphatic carbocycles. The van der Waals surface area contributed by atoms with Gasteiger partial charge in [-0.15, -0.1) is 0 Å². The Labute approximate surface area is 213 Å². The predicted octanol–water partition coefficient (Wildman–Crippen LogP) is 3.27. The Morgan fingerprint density at radius 1 is 1.00 bits per heavy atom. The van der Waals surface area contributed by atoms with Crippen LogP contribution in [0.25, 0.3) is 0 Å². The standard InChI is InChI=1S/C27H33N3O5S/c31-26-24(25(27(26)32)29-12-17-36(33)20-23-10-7-16-35-23)28-11-2-5-15-34-22-9-6-8-21(18-22)19-30-13-3-1-4-14-30/h2,5-10,16,18,28-29H,1,3-4,11-15,17,19-20H2/b5-2-. The van der Waals surface area contributed by atoms with Gasteiger partial charge >= 0.3 is 0 Å². The lowest BCUT2D eigenvalue weighted by molar-refractivity contribution is 0.220. The molecule has 0 spiro atoms. The zero-order chi connectivity index (χ0) is 25.2. The van der Waals surface area contributed by atoms with E-state index in [4.69, 9.17) is 9.15 Å². The van der Waals surface area contributed by atoms with E-state index in [1.807, 2.05) is 24.3 Å². The van der Waals surface area contributed by atoms with E-state index in [-0.39, 0.29) is 11.4 Å². The molecule has 1 atom stereocenters. The molecule has 36 heavy (non-hydrogen) atoms. The first-order valence-corrected chi connectivity index (χ1v) is 13.9. The average molecular weight is 512 g/mol. The van der Waals surface area contributed by atoms with Gasteiger partial charge in [-0.1, -0.05) is 24.6 Å². The lowest BCUT2D eigenvalue weighted by Gasteiger charge is -2.26. The number of likely N-dealkylation sites (tertiary alicyclic amines) is 1. The number of anilines is 2. The van der Waals surface area contributed by atoms with Crippen LogP contribution < -0.4 is 26.2 Å². The quantitative estimate of drug-likeness (QED) is 0.251. The van der Waals surface area contributed by atoms with Crippen molar-refractivity contribution in [3.05, 3.63) is 86.6 Å². The number of hydrogen-bond acceptors (Lipinski definition) is 8. The molecule has 192 valence electrons. The van der Waals surface area contributed by atoms with E-state index in [9.17, 15) is 13.8 Å². The van der Waals surface area contributed by atoms with Crippen LogP contribution in [0, 0.1) is 0 Å². The molecule has 1 aliphatic rings. The van der Waals surface area contributed by atoms with Gasteiger partial charge in [0, 0.05) is 36.2 Å². The second-order valence-corrected chi connectivity index (χ2v) is 10.4. The average Bonchev–Trinajstić information content (AvgIpc) is 3.40. The number of nitrogens with one attached hydrogen (secondary N) is 2. The van der Waals surface area contributed by atoms with Gasteiger partial charge in [-0.25, -0.2) is 0 Å². The molecule has 0 saturated carbocycles. The summed E-state index contributed by atoms with van der Waals surface area (Å²) in [6.07, 6.45) is 9.15. The van der Waals surface area contributed by atoms with Crippen LogP contribution in [0.5, 0.6) is 5.75 Å².